The van der Waals surface area contributed by atoms with Crippen molar-refractivity contribution in [3.05, 3.63) is 59.4 Å². The summed E-state index contributed by atoms with van der Waals surface area (Å²) in [6, 6.07) is 4.59. The van der Waals surface area contributed by atoms with E-state index in [-0.39, 0.29) is 36.4 Å². The Bertz CT molecular complexity index is 1360. The zero-order valence-corrected chi connectivity index (χ0v) is 19.4. The first-order chi connectivity index (χ1) is 17.5. The molecule has 12 nitrogen and oxygen atoms in total. The normalized spacial score (nSPS) is 20.6. The van der Waals surface area contributed by atoms with Gasteiger partial charge in [-0.3, -0.25) is 24.5 Å². The highest BCUT2D eigenvalue weighted by molar-refractivity contribution is 6.05. The quantitative estimate of drug-likeness (QED) is 0.516. The summed E-state index contributed by atoms with van der Waals surface area (Å²) in [6.45, 7) is 1.53. The van der Waals surface area contributed by atoms with Gasteiger partial charge in [0, 0.05) is 49.4 Å². The second kappa shape index (κ2) is 8.70. The van der Waals surface area contributed by atoms with Gasteiger partial charge in [0.15, 0.2) is 5.69 Å². The molecule has 0 aliphatic carbocycles. The third-order valence-electron chi connectivity index (χ3n) is 7.23. The smallest absolute Gasteiger partial charge is 0.276 e. The van der Waals surface area contributed by atoms with Crippen LogP contribution in [0.2, 0.25) is 0 Å². The zero-order chi connectivity index (χ0) is 24.8. The number of aromatic amines is 1. The fourth-order valence-electron chi connectivity index (χ4n) is 5.24. The van der Waals surface area contributed by atoms with Gasteiger partial charge in [0.25, 0.3) is 11.8 Å². The number of likely N-dealkylation sites (tertiary alicyclic amines) is 1. The van der Waals surface area contributed by atoms with Gasteiger partial charge >= 0.3 is 0 Å². The molecular formula is C24H24N8O4. The van der Waals surface area contributed by atoms with Crippen LogP contribution in [0.15, 0.2) is 36.9 Å². The average molecular weight is 489 g/mol. The van der Waals surface area contributed by atoms with Crippen molar-refractivity contribution in [2.75, 3.05) is 13.1 Å². The van der Waals surface area contributed by atoms with E-state index in [0.717, 1.165) is 24.1 Å². The highest BCUT2D eigenvalue weighted by atomic mass is 16.2. The molecule has 3 aromatic rings. The third-order valence-corrected chi connectivity index (χ3v) is 7.23. The van der Waals surface area contributed by atoms with E-state index in [2.05, 4.69) is 25.6 Å². The van der Waals surface area contributed by atoms with Crippen LogP contribution >= 0.6 is 0 Å². The molecule has 2 N–H and O–H groups in total. The number of fused-ring (bicyclic) bond motifs is 1. The summed E-state index contributed by atoms with van der Waals surface area (Å²) >= 11 is 0. The van der Waals surface area contributed by atoms with E-state index < -0.39 is 11.9 Å². The maximum Gasteiger partial charge on any atom is 0.276 e. The second-order valence-electron chi connectivity index (χ2n) is 9.36. The maximum atomic E-state index is 13.0. The minimum atomic E-state index is -0.668. The number of H-pyrrole nitrogens is 1. The first kappa shape index (κ1) is 22.1. The second-order valence-corrected chi connectivity index (χ2v) is 9.36. The molecule has 0 spiro atoms. The van der Waals surface area contributed by atoms with Gasteiger partial charge in [-0.2, -0.15) is 0 Å². The number of hydrogen-bond donors (Lipinski definition) is 2. The van der Waals surface area contributed by atoms with Gasteiger partial charge in [-0.1, -0.05) is 5.21 Å². The molecule has 6 rings (SSSR count). The van der Waals surface area contributed by atoms with Gasteiger partial charge in [0.2, 0.25) is 11.8 Å². The van der Waals surface area contributed by atoms with E-state index >= 15 is 0 Å². The Labute approximate surface area is 205 Å². The van der Waals surface area contributed by atoms with Crippen LogP contribution in [0.25, 0.3) is 5.69 Å². The lowest BCUT2D eigenvalue weighted by molar-refractivity contribution is -0.136. The van der Waals surface area contributed by atoms with Crippen molar-refractivity contribution in [2.45, 2.75) is 44.2 Å². The summed E-state index contributed by atoms with van der Waals surface area (Å²) < 4.78 is 1.52. The van der Waals surface area contributed by atoms with Gasteiger partial charge < -0.3 is 14.8 Å². The molecule has 0 bridgehead atoms. The Morgan fingerprint density at radius 1 is 1.08 bits per heavy atom. The molecule has 1 unspecified atom stereocenters. The lowest BCUT2D eigenvalue weighted by Gasteiger charge is -2.30. The van der Waals surface area contributed by atoms with Crippen molar-refractivity contribution in [3.63, 3.8) is 0 Å². The van der Waals surface area contributed by atoms with Crippen LogP contribution in [0.1, 0.15) is 63.7 Å². The first-order valence-corrected chi connectivity index (χ1v) is 12.0. The van der Waals surface area contributed by atoms with Gasteiger partial charge in [-0.25, -0.2) is 9.67 Å². The van der Waals surface area contributed by atoms with Crippen molar-refractivity contribution in [1.82, 2.24) is 40.1 Å². The number of benzene rings is 1. The summed E-state index contributed by atoms with van der Waals surface area (Å²) in [4.78, 5) is 60.2. The van der Waals surface area contributed by atoms with Crippen molar-refractivity contribution in [3.8, 4) is 5.69 Å². The molecule has 5 heterocycles. The summed E-state index contributed by atoms with van der Waals surface area (Å²) in [7, 11) is 0. The number of carbonyl (C=O) groups excluding carboxylic acids is 4. The van der Waals surface area contributed by atoms with Gasteiger partial charge in [0.05, 0.1) is 18.2 Å². The first-order valence-electron chi connectivity index (χ1n) is 12.0. The molecule has 2 saturated heterocycles. The monoisotopic (exact) mass is 488 g/mol. The number of amides is 4. The van der Waals surface area contributed by atoms with E-state index in [1.54, 1.807) is 29.6 Å². The molecule has 3 aliphatic rings. The summed E-state index contributed by atoms with van der Waals surface area (Å²) in [5, 5.41) is 10.5. The number of hydrogen-bond acceptors (Lipinski definition) is 7. The third kappa shape index (κ3) is 3.84. The van der Waals surface area contributed by atoms with Gasteiger partial charge in [-0.05, 0) is 43.0 Å². The van der Waals surface area contributed by atoms with Crippen molar-refractivity contribution in [1.29, 1.82) is 0 Å². The van der Waals surface area contributed by atoms with E-state index in [1.807, 2.05) is 12.3 Å². The van der Waals surface area contributed by atoms with Crippen LogP contribution in [-0.4, -0.2) is 77.5 Å². The summed E-state index contributed by atoms with van der Waals surface area (Å²) in [5.74, 6) is -0.799. The van der Waals surface area contributed by atoms with Crippen LogP contribution in [0.5, 0.6) is 0 Å². The van der Waals surface area contributed by atoms with Crippen LogP contribution in [-0.2, 0) is 16.1 Å². The van der Waals surface area contributed by atoms with E-state index in [9.17, 15) is 19.2 Å². The Morgan fingerprint density at radius 2 is 1.92 bits per heavy atom. The molecule has 1 aromatic carbocycles. The highest BCUT2D eigenvalue weighted by Gasteiger charge is 2.39. The minimum Gasteiger partial charge on any atom is -0.348 e. The molecule has 0 radical (unpaired) electrons. The highest BCUT2D eigenvalue weighted by Crippen LogP contribution is 2.29. The molecule has 0 saturated carbocycles. The summed E-state index contributed by atoms with van der Waals surface area (Å²) in [5.41, 5.74) is 3.29. The molecule has 36 heavy (non-hydrogen) atoms. The zero-order valence-electron chi connectivity index (χ0n) is 19.4. The molecule has 184 valence electrons. The Balaban J connectivity index is 1.14. The number of carbonyl (C=O) groups is 4. The summed E-state index contributed by atoms with van der Waals surface area (Å²) in [6.07, 6.45) is 7.33. The van der Waals surface area contributed by atoms with E-state index in [4.69, 9.17) is 0 Å². The Hall–Kier alpha value is -4.35. The number of imidazole rings is 1. The fourth-order valence-corrected chi connectivity index (χ4v) is 5.24. The molecule has 12 heteroatoms. The van der Waals surface area contributed by atoms with Gasteiger partial charge in [-0.15, -0.1) is 5.10 Å². The lowest BCUT2D eigenvalue weighted by Crippen LogP contribution is -2.52. The Morgan fingerprint density at radius 3 is 2.67 bits per heavy atom. The van der Waals surface area contributed by atoms with Crippen LogP contribution in [0.4, 0.5) is 0 Å². The standard InChI is InChI=1S/C24H24N8O4/c33-21-4-3-20(22(34)27-21)31-11-15-9-16(1-2-17(15)23(31)35)32-12-19(28-29-32)24(36)30-7-5-14(6-8-30)18-10-25-13-26-18/h1-2,9-10,12-14,20H,3-8,11H2,(H,25,26)(H,27,33,34). The maximum absolute atomic E-state index is 13.0. The number of nitrogens with one attached hydrogen (secondary N) is 2. The van der Waals surface area contributed by atoms with Crippen LogP contribution in [0, 0.1) is 0 Å². The predicted molar refractivity (Wildman–Crippen MR) is 124 cm³/mol. The number of rotatable bonds is 4. The van der Waals surface area contributed by atoms with Crippen LogP contribution < -0.4 is 5.32 Å². The lowest BCUT2D eigenvalue weighted by atomic mass is 9.94. The molecule has 4 amide bonds. The fraction of sp³-hybridized carbons (Fsp3) is 0.375. The SMILES string of the molecule is O=C1CCC(N2Cc3cc(-n4cc(C(=O)N5CCC(c6cnc[nH]6)CC5)nn4)ccc3C2=O)C(=O)N1. The topological polar surface area (TPSA) is 146 Å². The molecule has 3 aliphatic heterocycles. The Kier molecular flexibility index (Phi) is 5.35. The van der Waals surface area contributed by atoms with E-state index in [1.165, 1.54) is 9.58 Å². The van der Waals surface area contributed by atoms with Crippen LogP contribution in [0.3, 0.4) is 0 Å². The average Bonchev–Trinajstić information content (AvgIpc) is 3.65. The number of piperidine rings is 2. The minimum absolute atomic E-state index is 0.162. The largest absolute Gasteiger partial charge is 0.348 e. The van der Waals surface area contributed by atoms with Crippen molar-refractivity contribution in [2.24, 2.45) is 0 Å². The number of imide groups is 1. The van der Waals surface area contributed by atoms with E-state index in [0.29, 0.717) is 36.7 Å². The molecule has 2 aromatic heterocycles. The van der Waals surface area contributed by atoms with Gasteiger partial charge in [0.1, 0.15) is 6.04 Å². The number of nitrogens with zero attached hydrogens (tertiary/aromatic N) is 6. The predicted octanol–water partition coefficient (Wildman–Crippen LogP) is 0.771. The number of aromatic nitrogens is 5. The van der Waals surface area contributed by atoms with Crippen molar-refractivity contribution < 1.29 is 19.2 Å². The molecule has 1 atom stereocenters. The molecule has 2 fully saturated rings. The molecular weight excluding hydrogens is 464 g/mol. The van der Waals surface area contributed by atoms with Crippen molar-refractivity contribution >= 4 is 23.6 Å².